The molecule has 0 radical (unpaired) electrons. The molecule has 0 atom stereocenters. The van der Waals surface area contributed by atoms with Gasteiger partial charge in [0.15, 0.2) is 5.75 Å². The first-order valence-corrected chi connectivity index (χ1v) is 9.61. The van der Waals surface area contributed by atoms with Gasteiger partial charge in [0.2, 0.25) is 0 Å². The van der Waals surface area contributed by atoms with E-state index >= 15 is 0 Å². The number of hydrogen-bond donors (Lipinski definition) is 0. The molecular formula is C17H12ClF2NO6S. The fraction of sp³-hybridized carbons (Fsp3) is 0.176. The molecule has 0 heterocycles. The summed E-state index contributed by atoms with van der Waals surface area (Å²) in [5.74, 6) is -0.248. The zero-order valence-electron chi connectivity index (χ0n) is 14.0. The van der Waals surface area contributed by atoms with Crippen molar-refractivity contribution in [1.82, 2.24) is 0 Å². The number of halogens is 3. The summed E-state index contributed by atoms with van der Waals surface area (Å²) in [6.07, 6.45) is 1.73. The molecule has 0 fully saturated rings. The molecule has 1 aliphatic carbocycles. The van der Waals surface area contributed by atoms with E-state index in [0.29, 0.717) is 11.1 Å². The molecule has 28 heavy (non-hydrogen) atoms. The Morgan fingerprint density at radius 1 is 1.14 bits per heavy atom. The summed E-state index contributed by atoms with van der Waals surface area (Å²) >= 11 is 5.87. The molecule has 0 spiro atoms. The van der Waals surface area contributed by atoms with Gasteiger partial charge in [0.1, 0.15) is 5.75 Å². The number of hydrogen-bond acceptors (Lipinski definition) is 6. The number of rotatable bonds is 6. The summed E-state index contributed by atoms with van der Waals surface area (Å²) in [5.41, 5.74) is 0.887. The summed E-state index contributed by atoms with van der Waals surface area (Å²) < 4.78 is 59.0. The Morgan fingerprint density at radius 2 is 1.89 bits per heavy atom. The highest BCUT2D eigenvalue weighted by Crippen LogP contribution is 2.34. The zero-order chi connectivity index (χ0) is 20.5. The van der Waals surface area contributed by atoms with Crippen molar-refractivity contribution >= 4 is 33.5 Å². The molecule has 2 aromatic rings. The number of ether oxygens (including phenoxy) is 1. The van der Waals surface area contributed by atoms with Crippen molar-refractivity contribution in [3.63, 3.8) is 0 Å². The van der Waals surface area contributed by atoms with Crippen LogP contribution < -0.4 is 8.92 Å². The predicted octanol–water partition coefficient (Wildman–Crippen LogP) is 4.55. The number of aryl methyl sites for hydroxylation is 1. The molecule has 0 saturated carbocycles. The number of fused-ring (bicyclic) bond motifs is 1. The second-order valence-electron chi connectivity index (χ2n) is 5.76. The molecule has 0 aliphatic heterocycles. The van der Waals surface area contributed by atoms with Crippen LogP contribution in [0.25, 0.3) is 6.08 Å². The molecule has 1 aliphatic rings. The van der Waals surface area contributed by atoms with E-state index in [4.69, 9.17) is 15.8 Å². The van der Waals surface area contributed by atoms with Gasteiger partial charge in [0.25, 0.3) is 5.69 Å². The molecule has 0 saturated heterocycles. The van der Waals surface area contributed by atoms with Crippen LogP contribution in [0.2, 0.25) is 5.02 Å². The monoisotopic (exact) mass is 431 g/mol. The lowest BCUT2D eigenvalue weighted by molar-refractivity contribution is -0.384. The van der Waals surface area contributed by atoms with Crippen molar-refractivity contribution in [3.05, 3.63) is 67.6 Å². The average molecular weight is 432 g/mol. The summed E-state index contributed by atoms with van der Waals surface area (Å²) in [6.45, 7) is -2.95. The van der Waals surface area contributed by atoms with Crippen LogP contribution in [0.5, 0.6) is 11.5 Å². The van der Waals surface area contributed by atoms with Crippen LogP contribution in [0.15, 0.2) is 41.3 Å². The van der Waals surface area contributed by atoms with Crippen LogP contribution in [0.3, 0.4) is 0 Å². The molecule has 0 amide bonds. The van der Waals surface area contributed by atoms with Crippen LogP contribution in [-0.2, 0) is 16.5 Å². The van der Waals surface area contributed by atoms with Crippen LogP contribution in [0, 0.1) is 10.1 Å². The van der Waals surface area contributed by atoms with E-state index in [1.165, 1.54) is 24.3 Å². The molecule has 0 aromatic heterocycles. The van der Waals surface area contributed by atoms with Crippen LogP contribution >= 0.6 is 11.6 Å². The van der Waals surface area contributed by atoms with Gasteiger partial charge in [-0.25, -0.2) is 0 Å². The van der Waals surface area contributed by atoms with E-state index in [1.807, 2.05) is 0 Å². The molecular weight excluding hydrogens is 420 g/mol. The predicted molar refractivity (Wildman–Crippen MR) is 97.0 cm³/mol. The van der Waals surface area contributed by atoms with Gasteiger partial charge in [0, 0.05) is 12.1 Å². The number of nitrogens with zero attached hydrogens (tertiary/aromatic N) is 1. The standard InChI is InChI=1S/C17H12ClF2NO6S/c18-15-9-12(21(22)23)3-6-16(15)27-28(24,25)14-5-2-10-7-13(26-17(19)20)4-1-11(10)8-14/h1,3-4,6-9,17H,2,5H2. The van der Waals surface area contributed by atoms with E-state index in [-0.39, 0.29) is 40.0 Å². The number of non-ortho nitro benzene ring substituents is 1. The molecule has 0 unspecified atom stereocenters. The minimum Gasteiger partial charge on any atom is -0.435 e. The van der Waals surface area contributed by atoms with Crippen LogP contribution in [0.4, 0.5) is 14.5 Å². The lowest BCUT2D eigenvalue weighted by Crippen LogP contribution is -2.15. The minimum absolute atomic E-state index is 0.0117. The zero-order valence-corrected chi connectivity index (χ0v) is 15.5. The van der Waals surface area contributed by atoms with Crippen molar-refractivity contribution < 1.29 is 31.0 Å². The Labute approximate surface area is 163 Å². The van der Waals surface area contributed by atoms with Crippen LogP contribution in [0.1, 0.15) is 17.5 Å². The first-order chi connectivity index (χ1) is 13.2. The Morgan fingerprint density at radius 3 is 2.54 bits per heavy atom. The quantitative estimate of drug-likeness (QED) is 0.378. The van der Waals surface area contributed by atoms with Crippen molar-refractivity contribution in [2.24, 2.45) is 0 Å². The third kappa shape index (κ3) is 4.39. The second-order valence-corrected chi connectivity index (χ2v) is 7.77. The Balaban J connectivity index is 1.85. The Kier molecular flexibility index (Phi) is 5.52. The Bertz CT molecular complexity index is 1070. The maximum Gasteiger partial charge on any atom is 0.387 e. The first-order valence-electron chi connectivity index (χ1n) is 7.82. The minimum atomic E-state index is -4.21. The number of allylic oxidation sites excluding steroid dienone is 1. The SMILES string of the molecule is O=[N+]([O-])c1ccc(OS(=O)(=O)C2=Cc3ccc(OC(F)F)cc3CC2)c(Cl)c1. The normalized spacial score (nSPS) is 13.6. The van der Waals surface area contributed by atoms with E-state index in [1.54, 1.807) is 0 Å². The fourth-order valence-electron chi connectivity index (χ4n) is 2.66. The first kappa shape index (κ1) is 20.0. The Hall–Kier alpha value is -2.72. The maximum atomic E-state index is 12.5. The van der Waals surface area contributed by atoms with Gasteiger partial charge >= 0.3 is 16.7 Å². The van der Waals surface area contributed by atoms with Crippen molar-refractivity contribution in [2.75, 3.05) is 0 Å². The lowest BCUT2D eigenvalue weighted by Gasteiger charge is -2.18. The molecule has 11 heteroatoms. The van der Waals surface area contributed by atoms with E-state index in [2.05, 4.69) is 4.74 Å². The van der Waals surface area contributed by atoms with E-state index in [0.717, 1.165) is 18.2 Å². The molecule has 148 valence electrons. The number of nitro groups is 1. The van der Waals surface area contributed by atoms with Crippen molar-refractivity contribution in [2.45, 2.75) is 19.5 Å². The molecule has 2 aromatic carbocycles. The second kappa shape index (κ2) is 7.72. The number of alkyl halides is 2. The summed E-state index contributed by atoms with van der Waals surface area (Å²) in [4.78, 5) is 10.0. The highest BCUT2D eigenvalue weighted by molar-refractivity contribution is 7.91. The maximum absolute atomic E-state index is 12.5. The van der Waals surface area contributed by atoms with Crippen LogP contribution in [-0.4, -0.2) is 20.0 Å². The molecule has 3 rings (SSSR count). The lowest BCUT2D eigenvalue weighted by atomic mass is 9.97. The van der Waals surface area contributed by atoms with Gasteiger partial charge < -0.3 is 8.92 Å². The molecule has 0 N–H and O–H groups in total. The van der Waals surface area contributed by atoms with E-state index < -0.39 is 21.7 Å². The number of benzene rings is 2. The van der Waals surface area contributed by atoms with Gasteiger partial charge in [0.05, 0.1) is 14.9 Å². The van der Waals surface area contributed by atoms with Gasteiger partial charge in [-0.15, -0.1) is 0 Å². The molecule has 0 bridgehead atoms. The highest BCUT2D eigenvalue weighted by Gasteiger charge is 2.25. The highest BCUT2D eigenvalue weighted by atomic mass is 35.5. The van der Waals surface area contributed by atoms with Gasteiger partial charge in [-0.1, -0.05) is 17.7 Å². The largest absolute Gasteiger partial charge is 0.435 e. The third-order valence-corrected chi connectivity index (χ3v) is 5.60. The fourth-order valence-corrected chi connectivity index (χ4v) is 4.03. The summed E-state index contributed by atoms with van der Waals surface area (Å²) in [5, 5.41) is 10.5. The summed E-state index contributed by atoms with van der Waals surface area (Å²) in [6, 6.07) is 7.37. The average Bonchev–Trinajstić information content (AvgIpc) is 2.62. The summed E-state index contributed by atoms with van der Waals surface area (Å²) in [7, 11) is -4.21. The van der Waals surface area contributed by atoms with E-state index in [9.17, 15) is 27.3 Å². The third-order valence-electron chi connectivity index (χ3n) is 3.94. The van der Waals surface area contributed by atoms with Crippen molar-refractivity contribution in [3.8, 4) is 11.5 Å². The van der Waals surface area contributed by atoms with Gasteiger partial charge in [-0.05, 0) is 48.2 Å². The number of nitro benzene ring substituents is 1. The van der Waals surface area contributed by atoms with Gasteiger partial charge in [-0.2, -0.15) is 17.2 Å². The molecule has 7 nitrogen and oxygen atoms in total. The van der Waals surface area contributed by atoms with Crippen molar-refractivity contribution in [1.29, 1.82) is 0 Å². The van der Waals surface area contributed by atoms with Gasteiger partial charge in [-0.3, -0.25) is 10.1 Å². The smallest absolute Gasteiger partial charge is 0.387 e. The topological polar surface area (TPSA) is 95.7 Å².